The van der Waals surface area contributed by atoms with Crippen LogP contribution < -0.4 is 5.73 Å². The van der Waals surface area contributed by atoms with E-state index in [1.54, 1.807) is 24.3 Å². The highest BCUT2D eigenvalue weighted by Crippen LogP contribution is 2.23. The van der Waals surface area contributed by atoms with Crippen molar-refractivity contribution in [3.63, 3.8) is 0 Å². The third-order valence-electron chi connectivity index (χ3n) is 2.58. The van der Waals surface area contributed by atoms with E-state index < -0.39 is 15.1 Å². The number of benzene rings is 1. The molecule has 1 atom stereocenters. The molecule has 0 radical (unpaired) electrons. The Balaban J connectivity index is 2.37. The highest BCUT2D eigenvalue weighted by Gasteiger charge is 2.23. The number of hydrogen-bond donors (Lipinski definition) is 1. The normalized spacial score (nSPS) is 13.4. The number of sulfone groups is 1. The number of anilines is 1. The van der Waals surface area contributed by atoms with Crippen molar-refractivity contribution in [1.82, 2.24) is 10.1 Å². The Labute approximate surface area is 105 Å². The first-order valence-corrected chi connectivity index (χ1v) is 7.22. The van der Waals surface area contributed by atoms with Crippen molar-refractivity contribution in [3.05, 3.63) is 30.1 Å². The van der Waals surface area contributed by atoms with Gasteiger partial charge in [-0.15, -0.1) is 0 Å². The second kappa shape index (κ2) is 4.41. The number of aromatic nitrogens is 2. The molecule has 0 saturated heterocycles. The van der Waals surface area contributed by atoms with Crippen LogP contribution in [-0.2, 0) is 9.84 Å². The lowest BCUT2D eigenvalue weighted by atomic mass is 10.2. The van der Waals surface area contributed by atoms with Crippen LogP contribution >= 0.6 is 0 Å². The average Bonchev–Trinajstić information content (AvgIpc) is 2.75. The number of nitrogens with two attached hydrogens (primary N) is 1. The molecule has 18 heavy (non-hydrogen) atoms. The first-order valence-electron chi connectivity index (χ1n) is 5.26. The summed E-state index contributed by atoms with van der Waals surface area (Å²) in [5, 5.41) is 2.89. The van der Waals surface area contributed by atoms with Gasteiger partial charge in [0.05, 0.1) is 0 Å². The van der Waals surface area contributed by atoms with Gasteiger partial charge < -0.3 is 10.3 Å². The van der Waals surface area contributed by atoms with E-state index in [0.29, 0.717) is 11.3 Å². The molecule has 0 bridgehead atoms. The van der Waals surface area contributed by atoms with E-state index in [-0.39, 0.29) is 11.7 Å². The smallest absolute Gasteiger partial charge is 0.258 e. The summed E-state index contributed by atoms with van der Waals surface area (Å²) in [4.78, 5) is 4.08. The molecular weight excluding hydrogens is 254 g/mol. The number of nitrogens with zero attached hydrogens (tertiary/aromatic N) is 2. The van der Waals surface area contributed by atoms with Crippen molar-refractivity contribution in [1.29, 1.82) is 0 Å². The van der Waals surface area contributed by atoms with Crippen LogP contribution in [0.15, 0.2) is 28.8 Å². The van der Waals surface area contributed by atoms with Crippen molar-refractivity contribution in [3.8, 4) is 11.5 Å². The lowest BCUT2D eigenvalue weighted by molar-refractivity contribution is 0.422. The molecule has 1 heterocycles. The van der Waals surface area contributed by atoms with Gasteiger partial charge in [0.25, 0.3) is 5.89 Å². The highest BCUT2D eigenvalue weighted by molar-refractivity contribution is 7.90. The molecule has 7 heteroatoms. The molecular formula is C11H13N3O3S. The van der Waals surface area contributed by atoms with E-state index in [4.69, 9.17) is 10.3 Å². The van der Waals surface area contributed by atoms with Crippen molar-refractivity contribution in [2.24, 2.45) is 0 Å². The zero-order valence-electron chi connectivity index (χ0n) is 9.99. The van der Waals surface area contributed by atoms with Crippen LogP contribution in [0.1, 0.15) is 18.0 Å². The average molecular weight is 267 g/mol. The van der Waals surface area contributed by atoms with Gasteiger partial charge >= 0.3 is 0 Å². The van der Waals surface area contributed by atoms with Gasteiger partial charge in [0.1, 0.15) is 5.25 Å². The van der Waals surface area contributed by atoms with E-state index in [1.807, 2.05) is 0 Å². The maximum absolute atomic E-state index is 11.4. The summed E-state index contributed by atoms with van der Waals surface area (Å²) >= 11 is 0. The van der Waals surface area contributed by atoms with Crippen LogP contribution in [0.2, 0.25) is 0 Å². The van der Waals surface area contributed by atoms with E-state index in [0.717, 1.165) is 6.26 Å². The van der Waals surface area contributed by atoms with E-state index in [2.05, 4.69) is 10.1 Å². The van der Waals surface area contributed by atoms with Gasteiger partial charge in [-0.2, -0.15) is 4.98 Å². The van der Waals surface area contributed by atoms with Crippen molar-refractivity contribution >= 4 is 15.5 Å². The lowest BCUT2D eigenvalue weighted by Crippen LogP contribution is -2.09. The van der Waals surface area contributed by atoms with Crippen molar-refractivity contribution in [2.45, 2.75) is 12.2 Å². The molecule has 96 valence electrons. The molecule has 1 unspecified atom stereocenters. The molecule has 0 fully saturated rings. The molecule has 1 aromatic carbocycles. The minimum atomic E-state index is -3.24. The lowest BCUT2D eigenvalue weighted by Gasteiger charge is -2.01. The zero-order chi connectivity index (χ0) is 13.3. The van der Waals surface area contributed by atoms with Crippen LogP contribution in [0.5, 0.6) is 0 Å². The Hall–Kier alpha value is -1.89. The summed E-state index contributed by atoms with van der Waals surface area (Å²) < 4.78 is 27.8. The second-order valence-corrected chi connectivity index (χ2v) is 6.42. The number of nitrogen functional groups attached to an aromatic ring is 1. The first kappa shape index (κ1) is 12.6. The Kier molecular flexibility index (Phi) is 3.08. The van der Waals surface area contributed by atoms with E-state index in [9.17, 15) is 8.42 Å². The van der Waals surface area contributed by atoms with Crippen LogP contribution in [0.25, 0.3) is 11.5 Å². The topological polar surface area (TPSA) is 99.1 Å². The molecule has 2 rings (SSSR count). The predicted molar refractivity (Wildman–Crippen MR) is 67.4 cm³/mol. The molecule has 0 aliphatic heterocycles. The monoisotopic (exact) mass is 267 g/mol. The molecule has 2 N–H and O–H groups in total. The number of rotatable bonds is 3. The summed E-state index contributed by atoms with van der Waals surface area (Å²) in [5.41, 5.74) is 6.88. The van der Waals surface area contributed by atoms with Crippen molar-refractivity contribution in [2.75, 3.05) is 12.0 Å². The fourth-order valence-electron chi connectivity index (χ4n) is 1.38. The van der Waals surface area contributed by atoms with Gasteiger partial charge in [0, 0.05) is 17.5 Å². The zero-order valence-corrected chi connectivity index (χ0v) is 10.8. The van der Waals surface area contributed by atoms with Gasteiger partial charge in [-0.25, -0.2) is 8.42 Å². The molecule has 0 aliphatic rings. The summed E-state index contributed by atoms with van der Waals surface area (Å²) in [6.45, 7) is 1.52. The summed E-state index contributed by atoms with van der Waals surface area (Å²) in [6, 6.07) is 6.94. The summed E-state index contributed by atoms with van der Waals surface area (Å²) in [7, 11) is -3.24. The van der Waals surface area contributed by atoms with E-state index in [1.165, 1.54) is 6.92 Å². The number of hydrogen-bond acceptors (Lipinski definition) is 6. The molecule has 0 spiro atoms. The van der Waals surface area contributed by atoms with Gasteiger partial charge in [0.2, 0.25) is 0 Å². The maximum Gasteiger partial charge on any atom is 0.258 e. The second-order valence-electron chi connectivity index (χ2n) is 4.05. The van der Waals surface area contributed by atoms with Gasteiger partial charge in [-0.1, -0.05) is 11.2 Å². The maximum atomic E-state index is 11.4. The quantitative estimate of drug-likeness (QED) is 0.844. The standard InChI is InChI=1S/C11H13N3O3S/c1-7(18(2,15)16)10-13-11(17-14-10)8-4-3-5-9(12)6-8/h3-7H,12H2,1-2H3. The van der Waals surface area contributed by atoms with Crippen LogP contribution in [0, 0.1) is 0 Å². The Bertz CT molecular complexity index is 664. The largest absolute Gasteiger partial charge is 0.399 e. The summed E-state index contributed by atoms with van der Waals surface area (Å²) in [6.07, 6.45) is 1.13. The van der Waals surface area contributed by atoms with Crippen LogP contribution in [0.3, 0.4) is 0 Å². The molecule has 0 amide bonds. The third-order valence-corrected chi connectivity index (χ3v) is 4.08. The van der Waals surface area contributed by atoms with Gasteiger partial charge in [-0.3, -0.25) is 0 Å². The molecule has 0 aliphatic carbocycles. The van der Waals surface area contributed by atoms with Crippen LogP contribution in [-0.4, -0.2) is 24.8 Å². The Morgan fingerprint density at radius 1 is 1.39 bits per heavy atom. The van der Waals surface area contributed by atoms with Crippen molar-refractivity contribution < 1.29 is 12.9 Å². The SMILES string of the molecule is CC(c1noc(-c2cccc(N)c2)n1)S(C)(=O)=O. The molecule has 6 nitrogen and oxygen atoms in total. The Morgan fingerprint density at radius 2 is 2.11 bits per heavy atom. The minimum Gasteiger partial charge on any atom is -0.399 e. The fraction of sp³-hybridized carbons (Fsp3) is 0.273. The van der Waals surface area contributed by atoms with Crippen LogP contribution in [0.4, 0.5) is 5.69 Å². The minimum absolute atomic E-state index is 0.148. The van der Waals surface area contributed by atoms with E-state index >= 15 is 0 Å². The molecule has 1 aromatic heterocycles. The predicted octanol–water partition coefficient (Wildman–Crippen LogP) is 1.42. The third kappa shape index (κ3) is 2.51. The van der Waals surface area contributed by atoms with Gasteiger partial charge in [-0.05, 0) is 25.1 Å². The first-order chi connectivity index (χ1) is 8.38. The van der Waals surface area contributed by atoms with Gasteiger partial charge in [0.15, 0.2) is 15.7 Å². The fourth-order valence-corrected chi connectivity index (χ4v) is 1.86. The highest BCUT2D eigenvalue weighted by atomic mass is 32.2. The summed E-state index contributed by atoms with van der Waals surface area (Å²) in [5.74, 6) is 0.405. The Morgan fingerprint density at radius 3 is 2.72 bits per heavy atom. The molecule has 0 saturated carbocycles. The molecule has 2 aromatic rings.